The van der Waals surface area contributed by atoms with Gasteiger partial charge in [-0.2, -0.15) is 0 Å². The lowest BCUT2D eigenvalue weighted by Crippen LogP contribution is -2.39. The number of carbonyl (C=O) groups is 1. The average molecular weight is 324 g/mol. The first kappa shape index (κ1) is 17.3. The lowest BCUT2D eigenvalue weighted by atomic mass is 10.1. The van der Waals surface area contributed by atoms with Crippen LogP contribution in [0.25, 0.3) is 0 Å². The molecule has 3 rings (SSSR count). The summed E-state index contributed by atoms with van der Waals surface area (Å²) in [6.45, 7) is 6.64. The highest BCUT2D eigenvalue weighted by atomic mass is 35.5. The molecule has 0 spiro atoms. The van der Waals surface area contributed by atoms with Crippen LogP contribution in [0.5, 0.6) is 0 Å². The van der Waals surface area contributed by atoms with Crippen molar-refractivity contribution in [2.45, 2.75) is 45.2 Å². The molecule has 0 saturated carbocycles. The van der Waals surface area contributed by atoms with Gasteiger partial charge in [0.2, 0.25) is 5.91 Å². The van der Waals surface area contributed by atoms with Gasteiger partial charge in [-0.05, 0) is 50.3 Å². The van der Waals surface area contributed by atoms with Crippen molar-refractivity contribution in [3.63, 3.8) is 0 Å². The number of aryl methyl sites for hydroxylation is 1. The van der Waals surface area contributed by atoms with E-state index >= 15 is 0 Å². The first-order valence-electron chi connectivity index (χ1n) is 7.96. The summed E-state index contributed by atoms with van der Waals surface area (Å²) in [5.74, 6) is 0.0986. The second kappa shape index (κ2) is 7.44. The molecule has 1 aromatic rings. The third kappa shape index (κ3) is 4.00. The van der Waals surface area contributed by atoms with Gasteiger partial charge in [0.25, 0.3) is 0 Å². The first-order valence-corrected chi connectivity index (χ1v) is 7.96. The van der Waals surface area contributed by atoms with E-state index in [0.717, 1.165) is 30.8 Å². The maximum atomic E-state index is 12.3. The van der Waals surface area contributed by atoms with Crippen LogP contribution in [-0.4, -0.2) is 42.5 Å². The molecule has 1 amide bonds. The Morgan fingerprint density at radius 2 is 2.05 bits per heavy atom. The molecule has 2 N–H and O–H groups in total. The number of hydrogen-bond acceptors (Lipinski definition) is 3. The van der Waals surface area contributed by atoms with Crippen LogP contribution < -0.4 is 10.6 Å². The topological polar surface area (TPSA) is 44.4 Å². The molecule has 2 bridgehead atoms. The van der Waals surface area contributed by atoms with E-state index in [1.807, 2.05) is 12.1 Å². The van der Waals surface area contributed by atoms with Crippen LogP contribution in [0.2, 0.25) is 0 Å². The summed E-state index contributed by atoms with van der Waals surface area (Å²) >= 11 is 0. The Bertz CT molecular complexity index is 535. The SMILES string of the molecule is Cc1cccc(NC(=O)CN2CCC3CCC(C2)N3)c1C.Cl. The van der Waals surface area contributed by atoms with Crippen LogP contribution in [0.4, 0.5) is 5.69 Å². The standard InChI is InChI=1S/C17H25N3O.ClH/c1-12-4-3-5-16(13(12)2)19-17(21)11-20-9-8-14-6-7-15(10-20)18-14;/h3-5,14-15,18H,6-11H2,1-2H3,(H,19,21);1H. The van der Waals surface area contributed by atoms with Crippen molar-refractivity contribution in [3.8, 4) is 0 Å². The van der Waals surface area contributed by atoms with Crippen molar-refractivity contribution < 1.29 is 4.79 Å². The van der Waals surface area contributed by atoms with Crippen molar-refractivity contribution >= 4 is 24.0 Å². The van der Waals surface area contributed by atoms with Crippen molar-refractivity contribution in [1.82, 2.24) is 10.2 Å². The summed E-state index contributed by atoms with van der Waals surface area (Å²) in [4.78, 5) is 14.6. The Balaban J connectivity index is 0.00000176. The van der Waals surface area contributed by atoms with Gasteiger partial charge in [-0.3, -0.25) is 9.69 Å². The zero-order valence-electron chi connectivity index (χ0n) is 13.4. The molecular weight excluding hydrogens is 298 g/mol. The smallest absolute Gasteiger partial charge is 0.238 e. The van der Waals surface area contributed by atoms with Gasteiger partial charge in [-0.1, -0.05) is 12.1 Å². The minimum atomic E-state index is 0. The fourth-order valence-electron chi connectivity index (χ4n) is 3.44. The minimum Gasteiger partial charge on any atom is -0.325 e. The molecule has 2 aliphatic heterocycles. The summed E-state index contributed by atoms with van der Waals surface area (Å²) in [5.41, 5.74) is 3.31. The number of halogens is 1. The third-order valence-corrected chi connectivity index (χ3v) is 4.85. The van der Waals surface area contributed by atoms with Gasteiger partial charge in [0, 0.05) is 30.9 Å². The van der Waals surface area contributed by atoms with Crippen molar-refractivity contribution in [1.29, 1.82) is 0 Å². The van der Waals surface area contributed by atoms with E-state index in [-0.39, 0.29) is 18.3 Å². The molecule has 4 nitrogen and oxygen atoms in total. The summed E-state index contributed by atoms with van der Waals surface area (Å²) in [5, 5.41) is 6.71. The molecule has 2 heterocycles. The largest absolute Gasteiger partial charge is 0.325 e. The van der Waals surface area contributed by atoms with E-state index in [0.29, 0.717) is 18.6 Å². The Morgan fingerprint density at radius 1 is 1.27 bits per heavy atom. The molecule has 0 aliphatic carbocycles. The highest BCUT2D eigenvalue weighted by molar-refractivity contribution is 5.93. The molecule has 2 aliphatic rings. The number of nitrogens with one attached hydrogen (secondary N) is 2. The fourth-order valence-corrected chi connectivity index (χ4v) is 3.44. The molecule has 5 heteroatoms. The van der Waals surface area contributed by atoms with Crippen LogP contribution >= 0.6 is 12.4 Å². The van der Waals surface area contributed by atoms with Crippen LogP contribution in [0.15, 0.2) is 18.2 Å². The number of carbonyl (C=O) groups excluding carboxylic acids is 1. The molecule has 1 aromatic carbocycles. The number of rotatable bonds is 3. The molecule has 0 aromatic heterocycles. The molecule has 2 fully saturated rings. The van der Waals surface area contributed by atoms with Gasteiger partial charge in [-0.15, -0.1) is 12.4 Å². The molecule has 2 unspecified atom stereocenters. The monoisotopic (exact) mass is 323 g/mol. The van der Waals surface area contributed by atoms with E-state index in [9.17, 15) is 4.79 Å². The van der Waals surface area contributed by atoms with E-state index in [1.165, 1.54) is 18.4 Å². The minimum absolute atomic E-state index is 0. The predicted octanol–water partition coefficient (Wildman–Crippen LogP) is 2.49. The number of amides is 1. The van der Waals surface area contributed by atoms with Gasteiger partial charge in [0.05, 0.1) is 6.54 Å². The Morgan fingerprint density at radius 3 is 2.86 bits per heavy atom. The molecule has 0 radical (unpaired) electrons. The van der Waals surface area contributed by atoms with E-state index < -0.39 is 0 Å². The number of anilines is 1. The molecular formula is C17H26ClN3O. The second-order valence-electron chi connectivity index (χ2n) is 6.46. The predicted molar refractivity (Wildman–Crippen MR) is 92.8 cm³/mol. The van der Waals surface area contributed by atoms with Crippen LogP contribution in [-0.2, 0) is 4.79 Å². The van der Waals surface area contributed by atoms with Gasteiger partial charge >= 0.3 is 0 Å². The maximum absolute atomic E-state index is 12.3. The molecule has 122 valence electrons. The van der Waals surface area contributed by atoms with E-state index in [4.69, 9.17) is 0 Å². The quantitative estimate of drug-likeness (QED) is 0.898. The summed E-state index contributed by atoms with van der Waals surface area (Å²) < 4.78 is 0. The first-order chi connectivity index (χ1) is 10.1. The van der Waals surface area contributed by atoms with E-state index in [1.54, 1.807) is 0 Å². The third-order valence-electron chi connectivity index (χ3n) is 4.85. The number of hydrogen-bond donors (Lipinski definition) is 2. The Kier molecular flexibility index (Phi) is 5.84. The Labute approximate surface area is 139 Å². The highest BCUT2D eigenvalue weighted by Gasteiger charge is 2.29. The summed E-state index contributed by atoms with van der Waals surface area (Å²) in [6, 6.07) is 7.29. The van der Waals surface area contributed by atoms with Gasteiger partial charge in [-0.25, -0.2) is 0 Å². The summed E-state index contributed by atoms with van der Waals surface area (Å²) in [6.07, 6.45) is 3.71. The zero-order valence-corrected chi connectivity index (χ0v) is 14.2. The van der Waals surface area contributed by atoms with Crippen LogP contribution in [0.3, 0.4) is 0 Å². The lowest BCUT2D eigenvalue weighted by Gasteiger charge is -2.23. The average Bonchev–Trinajstić information content (AvgIpc) is 2.78. The van der Waals surface area contributed by atoms with Crippen molar-refractivity contribution in [2.24, 2.45) is 0 Å². The lowest BCUT2D eigenvalue weighted by molar-refractivity contribution is -0.117. The normalized spacial score (nSPS) is 24.5. The van der Waals surface area contributed by atoms with Gasteiger partial charge < -0.3 is 10.6 Å². The Hall–Kier alpha value is -1.10. The van der Waals surface area contributed by atoms with Crippen molar-refractivity contribution in [3.05, 3.63) is 29.3 Å². The highest BCUT2D eigenvalue weighted by Crippen LogP contribution is 2.21. The van der Waals surface area contributed by atoms with Crippen molar-refractivity contribution in [2.75, 3.05) is 25.0 Å². The van der Waals surface area contributed by atoms with E-state index in [2.05, 4.69) is 35.4 Å². The summed E-state index contributed by atoms with van der Waals surface area (Å²) in [7, 11) is 0. The van der Waals surface area contributed by atoms with Crippen LogP contribution in [0, 0.1) is 13.8 Å². The second-order valence-corrected chi connectivity index (χ2v) is 6.46. The van der Waals surface area contributed by atoms with Gasteiger partial charge in [0.1, 0.15) is 0 Å². The molecule has 2 atom stereocenters. The fraction of sp³-hybridized carbons (Fsp3) is 0.588. The van der Waals surface area contributed by atoms with Gasteiger partial charge in [0.15, 0.2) is 0 Å². The zero-order chi connectivity index (χ0) is 14.8. The molecule has 22 heavy (non-hydrogen) atoms. The number of fused-ring (bicyclic) bond motifs is 2. The van der Waals surface area contributed by atoms with Crippen LogP contribution in [0.1, 0.15) is 30.4 Å². The molecule has 2 saturated heterocycles. The number of benzene rings is 1. The number of likely N-dealkylation sites (tertiary alicyclic amines) is 1. The maximum Gasteiger partial charge on any atom is 0.238 e. The number of nitrogens with zero attached hydrogens (tertiary/aromatic N) is 1.